The number of carboxylic acid groups (broad SMARTS) is 1. The number of carboxylic acids is 1. The van der Waals surface area contributed by atoms with Gasteiger partial charge in [-0.3, -0.25) is 10.4 Å². The second-order valence-electron chi connectivity index (χ2n) is 5.31. The van der Waals surface area contributed by atoms with E-state index < -0.39 is 17.3 Å². The van der Waals surface area contributed by atoms with Gasteiger partial charge in [-0.25, -0.2) is 14.4 Å². The smallest absolute Gasteiger partial charge is 0.344 e. The summed E-state index contributed by atoms with van der Waals surface area (Å²) in [6.07, 6.45) is 0. The molecule has 3 N–H and O–H groups in total. The summed E-state index contributed by atoms with van der Waals surface area (Å²) in [7, 11) is 0. The molecule has 8 heteroatoms. The third-order valence-corrected chi connectivity index (χ3v) is 3.52. The minimum Gasteiger partial charge on any atom is -0.478 e. The zero-order valence-electron chi connectivity index (χ0n) is 13.6. The van der Waals surface area contributed by atoms with E-state index in [9.17, 15) is 14.7 Å². The van der Waals surface area contributed by atoms with Crippen LogP contribution in [-0.4, -0.2) is 32.8 Å². The molecule has 8 nitrogen and oxygen atoms in total. The Bertz CT molecular complexity index is 784. The molecule has 0 aromatic heterocycles. The van der Waals surface area contributed by atoms with Gasteiger partial charge in [-0.2, -0.15) is 0 Å². The van der Waals surface area contributed by atoms with Crippen molar-refractivity contribution in [1.82, 2.24) is 5.39 Å². The average Bonchev–Trinajstić information content (AvgIpc) is 2.55. The Morgan fingerprint density at radius 3 is 2.04 bits per heavy atom. The van der Waals surface area contributed by atoms with Crippen LogP contribution in [0.1, 0.15) is 37.4 Å². The van der Waals surface area contributed by atoms with Gasteiger partial charge in [0, 0.05) is 0 Å². The lowest BCUT2D eigenvalue weighted by molar-refractivity contribution is -0.497. The number of carbonyl (C=O) groups excluding carboxylic acids is 1. The summed E-state index contributed by atoms with van der Waals surface area (Å²) >= 11 is 0. The molecule has 0 fully saturated rings. The molecule has 2 aromatic carbocycles. The Morgan fingerprint density at radius 1 is 0.960 bits per heavy atom. The number of esters is 1. The fourth-order valence-corrected chi connectivity index (χ4v) is 2.29. The van der Waals surface area contributed by atoms with Gasteiger partial charge in [0.1, 0.15) is 5.75 Å². The maximum atomic E-state index is 12.4. The van der Waals surface area contributed by atoms with Crippen LogP contribution in [0, 0.1) is 13.8 Å². The lowest BCUT2D eigenvalue weighted by atomic mass is 9.97. The first-order valence-corrected chi connectivity index (χ1v) is 7.25. The number of hydrogen-bond donors (Lipinski definition) is 3. The Hall–Kier alpha value is -2.78. The highest BCUT2D eigenvalue weighted by Gasteiger charge is 2.23. The molecule has 0 amide bonds. The van der Waals surface area contributed by atoms with Crippen molar-refractivity contribution >= 4 is 11.9 Å². The Morgan fingerprint density at radius 2 is 1.52 bits per heavy atom. The molecule has 0 unspecified atom stereocenters. The fourth-order valence-electron chi connectivity index (χ4n) is 2.29. The second-order valence-corrected chi connectivity index (χ2v) is 5.31. The molecule has 0 heterocycles. The van der Waals surface area contributed by atoms with Crippen LogP contribution < -0.4 is 4.74 Å². The number of aryl methyl sites for hydroxylation is 2. The van der Waals surface area contributed by atoms with Crippen LogP contribution >= 0.6 is 0 Å². The van der Waals surface area contributed by atoms with Crippen molar-refractivity contribution in [3.63, 3.8) is 0 Å². The molecule has 0 atom stereocenters. The molecule has 2 aromatic rings. The van der Waals surface area contributed by atoms with Crippen LogP contribution in [0.2, 0.25) is 0 Å². The summed E-state index contributed by atoms with van der Waals surface area (Å²) in [5.41, 5.74) is 1.50. The lowest BCUT2D eigenvalue weighted by Crippen LogP contribution is -2.17. The van der Waals surface area contributed by atoms with Crippen molar-refractivity contribution in [2.45, 2.75) is 20.5 Å². The summed E-state index contributed by atoms with van der Waals surface area (Å²) in [5.74, 6) is -1.74. The predicted molar refractivity (Wildman–Crippen MR) is 84.5 cm³/mol. The van der Waals surface area contributed by atoms with E-state index in [-0.39, 0.29) is 23.5 Å². The number of hydrogen-bond acceptors (Lipinski definition) is 7. The number of benzene rings is 2. The van der Waals surface area contributed by atoms with Crippen molar-refractivity contribution in [2.75, 3.05) is 0 Å². The van der Waals surface area contributed by atoms with E-state index in [0.717, 1.165) is 0 Å². The highest BCUT2D eigenvalue weighted by molar-refractivity contribution is 6.05. The van der Waals surface area contributed by atoms with Crippen molar-refractivity contribution in [1.29, 1.82) is 0 Å². The molecule has 0 bridgehead atoms. The highest BCUT2D eigenvalue weighted by atomic mass is 17.1. The van der Waals surface area contributed by atoms with Crippen molar-refractivity contribution in [3.05, 3.63) is 64.2 Å². The number of aromatic carboxylic acids is 1. The van der Waals surface area contributed by atoms with Crippen LogP contribution in [0.3, 0.4) is 0 Å². The van der Waals surface area contributed by atoms with E-state index in [1.165, 1.54) is 12.1 Å². The minimum absolute atomic E-state index is 0.0103. The molecular formula is C17H17NO7. The molecule has 2 rings (SSSR count). The summed E-state index contributed by atoms with van der Waals surface area (Å²) < 4.78 is 5.26. The fraction of sp³-hybridized carbons (Fsp3) is 0.176. The van der Waals surface area contributed by atoms with E-state index in [2.05, 4.69) is 4.84 Å². The van der Waals surface area contributed by atoms with Crippen LogP contribution in [0.5, 0.6) is 5.75 Å². The van der Waals surface area contributed by atoms with E-state index in [0.29, 0.717) is 16.7 Å². The topological polar surface area (TPSA) is 117 Å². The average molecular weight is 347 g/mol. The number of nitrogens with zero attached hydrogens (tertiary/aromatic N) is 1. The molecule has 0 aliphatic rings. The first-order chi connectivity index (χ1) is 11.8. The lowest BCUT2D eigenvalue weighted by Gasteiger charge is -2.12. The Labute approximate surface area is 143 Å². The highest BCUT2D eigenvalue weighted by Crippen LogP contribution is 2.22. The summed E-state index contributed by atoms with van der Waals surface area (Å²) in [5, 5.41) is 25.9. The molecule has 0 aliphatic carbocycles. The van der Waals surface area contributed by atoms with Crippen LogP contribution in [0.4, 0.5) is 0 Å². The molecular weight excluding hydrogens is 330 g/mol. The first kappa shape index (κ1) is 18.6. The SMILES string of the molecule is Cc1ccc(C)c(C(=O)Oc2ccc(CON(O)O)cc2)c1C(=O)O. The standard InChI is InChI=1S/C17H17NO7/c1-10-3-4-11(2)15(14(10)16(19)20)17(21)25-13-7-5-12(6-8-13)9-24-18(22)23/h3-8,22-23H,9H2,1-2H3,(H,19,20). The monoisotopic (exact) mass is 347 g/mol. The summed E-state index contributed by atoms with van der Waals surface area (Å²) in [6.45, 7) is 3.15. The van der Waals surface area contributed by atoms with Crippen molar-refractivity contribution < 1.29 is 34.7 Å². The minimum atomic E-state index is -1.20. The van der Waals surface area contributed by atoms with Gasteiger partial charge >= 0.3 is 11.9 Å². The Kier molecular flexibility index (Phi) is 5.84. The maximum Gasteiger partial charge on any atom is 0.344 e. The third kappa shape index (κ3) is 4.61. The van der Waals surface area contributed by atoms with Gasteiger partial charge in [-0.1, -0.05) is 24.3 Å². The van der Waals surface area contributed by atoms with E-state index >= 15 is 0 Å². The third-order valence-electron chi connectivity index (χ3n) is 3.52. The van der Waals surface area contributed by atoms with E-state index in [1.807, 2.05) is 0 Å². The molecule has 0 saturated heterocycles. The van der Waals surface area contributed by atoms with Gasteiger partial charge < -0.3 is 9.84 Å². The summed E-state index contributed by atoms with van der Waals surface area (Å²) in [4.78, 5) is 28.3. The van der Waals surface area contributed by atoms with Gasteiger partial charge in [0.25, 0.3) is 0 Å². The quantitative estimate of drug-likeness (QED) is 0.415. The Balaban J connectivity index is 2.20. The maximum absolute atomic E-state index is 12.4. The molecule has 132 valence electrons. The van der Waals surface area contributed by atoms with Gasteiger partial charge in [0.15, 0.2) is 0 Å². The van der Waals surface area contributed by atoms with Crippen LogP contribution in [-0.2, 0) is 11.4 Å². The van der Waals surface area contributed by atoms with E-state index in [1.54, 1.807) is 38.1 Å². The van der Waals surface area contributed by atoms with Gasteiger partial charge in [0.05, 0.1) is 23.1 Å². The van der Waals surface area contributed by atoms with Crippen molar-refractivity contribution in [2.24, 2.45) is 0 Å². The summed E-state index contributed by atoms with van der Waals surface area (Å²) in [6, 6.07) is 9.40. The van der Waals surface area contributed by atoms with E-state index in [4.69, 9.17) is 15.2 Å². The normalized spacial score (nSPS) is 10.8. The molecule has 0 saturated carbocycles. The zero-order chi connectivity index (χ0) is 18.6. The molecule has 25 heavy (non-hydrogen) atoms. The molecule has 0 aliphatic heterocycles. The first-order valence-electron chi connectivity index (χ1n) is 7.25. The molecule has 0 radical (unpaired) electrons. The predicted octanol–water partition coefficient (Wildman–Crippen LogP) is 2.73. The van der Waals surface area contributed by atoms with Crippen LogP contribution in [0.15, 0.2) is 36.4 Å². The number of rotatable bonds is 6. The van der Waals surface area contributed by atoms with Gasteiger partial charge in [0.2, 0.25) is 0 Å². The second kappa shape index (κ2) is 7.86. The zero-order valence-corrected chi connectivity index (χ0v) is 13.6. The van der Waals surface area contributed by atoms with Gasteiger partial charge in [-0.05, 0) is 42.7 Å². The largest absolute Gasteiger partial charge is 0.478 e. The van der Waals surface area contributed by atoms with Crippen LogP contribution in [0.25, 0.3) is 0 Å². The molecule has 0 spiro atoms. The number of ether oxygens (including phenoxy) is 1. The van der Waals surface area contributed by atoms with Gasteiger partial charge in [-0.15, -0.1) is 0 Å². The van der Waals surface area contributed by atoms with Crippen molar-refractivity contribution in [3.8, 4) is 5.75 Å². The number of carbonyl (C=O) groups is 2.